The number of carbonyl (C=O) groups is 1. The molecule has 17 heavy (non-hydrogen) atoms. The number of nitrogens with one attached hydrogen (secondary N) is 1. The molecule has 94 valence electrons. The summed E-state index contributed by atoms with van der Waals surface area (Å²) in [4.78, 5) is 10.7. The molecule has 1 rings (SSSR count). The fraction of sp³-hybridized carbons (Fsp3) is 0.417. The van der Waals surface area contributed by atoms with Crippen molar-refractivity contribution in [1.82, 2.24) is 0 Å². The zero-order valence-corrected chi connectivity index (χ0v) is 9.63. The van der Waals surface area contributed by atoms with Crippen molar-refractivity contribution in [3.8, 4) is 0 Å². The van der Waals surface area contributed by atoms with Gasteiger partial charge in [-0.25, -0.2) is 4.79 Å². The van der Waals surface area contributed by atoms with Gasteiger partial charge in [0, 0.05) is 5.69 Å². The number of benzene rings is 1. The van der Waals surface area contributed by atoms with Gasteiger partial charge in [-0.3, -0.25) is 0 Å². The molecular weight excluding hydrogens is 222 g/mol. The van der Waals surface area contributed by atoms with Gasteiger partial charge in [0.2, 0.25) is 0 Å². The Morgan fingerprint density at radius 2 is 1.94 bits per heavy atom. The first-order valence-electron chi connectivity index (χ1n) is 5.47. The number of hydrogen-bond donors (Lipinski definition) is 4. The van der Waals surface area contributed by atoms with Crippen molar-refractivity contribution in [3.63, 3.8) is 0 Å². The Kier molecular flexibility index (Phi) is 4.93. The summed E-state index contributed by atoms with van der Waals surface area (Å²) < 4.78 is 0. The summed E-state index contributed by atoms with van der Waals surface area (Å²) in [7, 11) is 0. The Bertz CT molecular complexity index is 363. The van der Waals surface area contributed by atoms with E-state index in [2.05, 4.69) is 5.32 Å². The average Bonchev–Trinajstić information content (AvgIpc) is 2.35. The summed E-state index contributed by atoms with van der Waals surface area (Å²) >= 11 is 0. The Morgan fingerprint density at radius 1 is 1.35 bits per heavy atom. The molecule has 0 heterocycles. The molecule has 2 unspecified atom stereocenters. The van der Waals surface area contributed by atoms with Crippen molar-refractivity contribution < 1.29 is 20.1 Å². The normalized spacial score (nSPS) is 14.1. The number of aliphatic hydroxyl groups is 2. The van der Waals surface area contributed by atoms with E-state index >= 15 is 0 Å². The molecule has 2 atom stereocenters. The molecule has 0 fully saturated rings. The molecule has 0 aliphatic heterocycles. The molecule has 5 heteroatoms. The molecule has 0 spiro atoms. The van der Waals surface area contributed by atoms with Crippen LogP contribution in [0.5, 0.6) is 0 Å². The third kappa shape index (κ3) is 3.72. The highest BCUT2D eigenvalue weighted by Crippen LogP contribution is 2.13. The Morgan fingerprint density at radius 3 is 2.35 bits per heavy atom. The predicted octanol–water partition coefficient (Wildman–Crippen LogP) is 0.928. The lowest BCUT2D eigenvalue weighted by molar-refractivity contribution is 0.0697. The highest BCUT2D eigenvalue weighted by atomic mass is 16.4. The van der Waals surface area contributed by atoms with Crippen molar-refractivity contribution in [3.05, 3.63) is 29.8 Å². The van der Waals surface area contributed by atoms with Gasteiger partial charge in [-0.2, -0.15) is 0 Å². The van der Waals surface area contributed by atoms with Gasteiger partial charge in [0.1, 0.15) is 0 Å². The van der Waals surface area contributed by atoms with E-state index in [-0.39, 0.29) is 18.2 Å². The van der Waals surface area contributed by atoms with Gasteiger partial charge >= 0.3 is 5.97 Å². The molecule has 0 aliphatic carbocycles. The van der Waals surface area contributed by atoms with E-state index in [9.17, 15) is 9.90 Å². The van der Waals surface area contributed by atoms with E-state index in [1.807, 2.05) is 6.92 Å². The minimum Gasteiger partial charge on any atom is -0.478 e. The summed E-state index contributed by atoms with van der Waals surface area (Å²) in [5.74, 6) is -0.973. The third-order valence-corrected chi connectivity index (χ3v) is 2.58. The Labute approximate surface area is 99.7 Å². The van der Waals surface area contributed by atoms with Crippen LogP contribution in [0.1, 0.15) is 23.7 Å². The maximum atomic E-state index is 10.7. The van der Waals surface area contributed by atoms with Crippen LogP contribution < -0.4 is 5.32 Å². The minimum atomic E-state index is -0.973. The lowest BCUT2D eigenvalue weighted by Gasteiger charge is -2.22. The number of carboxylic acids is 1. The second-order valence-electron chi connectivity index (χ2n) is 3.79. The number of hydrogen-bond acceptors (Lipinski definition) is 4. The molecule has 0 aromatic heterocycles. The SMILES string of the molecule is CCC(Nc1ccc(C(=O)O)cc1)C(O)CO. The molecule has 0 bridgehead atoms. The van der Waals surface area contributed by atoms with Crippen LogP contribution in [0.3, 0.4) is 0 Å². The summed E-state index contributed by atoms with van der Waals surface area (Å²) in [6.07, 6.45) is -0.179. The summed E-state index contributed by atoms with van der Waals surface area (Å²) in [6, 6.07) is 5.99. The fourth-order valence-electron chi connectivity index (χ4n) is 1.52. The topological polar surface area (TPSA) is 89.8 Å². The van der Waals surface area contributed by atoms with E-state index < -0.39 is 12.1 Å². The van der Waals surface area contributed by atoms with Gasteiger partial charge in [-0.1, -0.05) is 6.92 Å². The van der Waals surface area contributed by atoms with Crippen LogP contribution in [0.25, 0.3) is 0 Å². The van der Waals surface area contributed by atoms with Crippen LogP contribution in [-0.2, 0) is 0 Å². The van der Waals surface area contributed by atoms with Gasteiger partial charge < -0.3 is 20.6 Å². The number of anilines is 1. The standard InChI is InChI=1S/C12H17NO4/c1-2-10(11(15)7-14)13-9-5-3-8(4-6-9)12(16)17/h3-6,10-11,13-15H,2,7H2,1H3,(H,16,17). The Balaban J connectivity index is 2.70. The van der Waals surface area contributed by atoms with Gasteiger partial charge in [0.25, 0.3) is 0 Å². The Hall–Kier alpha value is -1.59. The molecule has 4 N–H and O–H groups in total. The second-order valence-corrected chi connectivity index (χ2v) is 3.79. The van der Waals surface area contributed by atoms with Crippen molar-refractivity contribution in [1.29, 1.82) is 0 Å². The van der Waals surface area contributed by atoms with Crippen molar-refractivity contribution in [2.24, 2.45) is 0 Å². The van der Waals surface area contributed by atoms with E-state index in [1.54, 1.807) is 12.1 Å². The highest BCUT2D eigenvalue weighted by molar-refractivity contribution is 5.87. The first-order valence-corrected chi connectivity index (χ1v) is 5.47. The molecule has 0 radical (unpaired) electrons. The predicted molar refractivity (Wildman–Crippen MR) is 64.2 cm³/mol. The largest absolute Gasteiger partial charge is 0.478 e. The maximum Gasteiger partial charge on any atom is 0.335 e. The summed E-state index contributed by atoms with van der Waals surface area (Å²) in [6.45, 7) is 1.58. The van der Waals surface area contributed by atoms with Crippen LogP contribution in [0.4, 0.5) is 5.69 Å². The maximum absolute atomic E-state index is 10.7. The van der Waals surface area contributed by atoms with Gasteiger partial charge in [-0.15, -0.1) is 0 Å². The summed E-state index contributed by atoms with van der Waals surface area (Å²) in [5.41, 5.74) is 0.931. The van der Waals surface area contributed by atoms with E-state index in [4.69, 9.17) is 10.2 Å². The smallest absolute Gasteiger partial charge is 0.335 e. The third-order valence-electron chi connectivity index (χ3n) is 2.58. The van der Waals surface area contributed by atoms with Crippen LogP contribution in [0.15, 0.2) is 24.3 Å². The van der Waals surface area contributed by atoms with Crippen LogP contribution in [-0.4, -0.2) is 40.0 Å². The molecule has 5 nitrogen and oxygen atoms in total. The first-order chi connectivity index (χ1) is 8.08. The molecule has 0 saturated carbocycles. The minimum absolute atomic E-state index is 0.214. The fourth-order valence-corrected chi connectivity index (χ4v) is 1.52. The quantitative estimate of drug-likeness (QED) is 0.593. The van der Waals surface area contributed by atoms with E-state index in [0.29, 0.717) is 12.1 Å². The number of aromatic carboxylic acids is 1. The van der Waals surface area contributed by atoms with E-state index in [0.717, 1.165) is 0 Å². The van der Waals surface area contributed by atoms with Gasteiger partial charge in [-0.05, 0) is 30.7 Å². The molecule has 1 aromatic rings. The number of aliphatic hydroxyl groups excluding tert-OH is 2. The second kappa shape index (κ2) is 6.22. The highest BCUT2D eigenvalue weighted by Gasteiger charge is 2.16. The monoisotopic (exact) mass is 239 g/mol. The zero-order chi connectivity index (χ0) is 12.8. The van der Waals surface area contributed by atoms with Gasteiger partial charge in [0.05, 0.1) is 24.3 Å². The van der Waals surface area contributed by atoms with Crippen molar-refractivity contribution in [2.75, 3.05) is 11.9 Å². The van der Waals surface area contributed by atoms with Crippen LogP contribution in [0, 0.1) is 0 Å². The van der Waals surface area contributed by atoms with Gasteiger partial charge in [0.15, 0.2) is 0 Å². The summed E-state index contributed by atoms with van der Waals surface area (Å²) in [5, 5.41) is 30.2. The lowest BCUT2D eigenvalue weighted by Crippen LogP contribution is -2.35. The molecular formula is C12H17NO4. The molecule has 0 aliphatic rings. The van der Waals surface area contributed by atoms with Crippen LogP contribution >= 0.6 is 0 Å². The van der Waals surface area contributed by atoms with E-state index in [1.165, 1.54) is 12.1 Å². The number of rotatable bonds is 6. The molecule has 1 aromatic carbocycles. The van der Waals surface area contributed by atoms with Crippen LogP contribution in [0.2, 0.25) is 0 Å². The number of carboxylic acid groups (broad SMARTS) is 1. The molecule has 0 saturated heterocycles. The molecule has 0 amide bonds. The zero-order valence-electron chi connectivity index (χ0n) is 9.63. The van der Waals surface area contributed by atoms with Crippen molar-refractivity contribution in [2.45, 2.75) is 25.5 Å². The van der Waals surface area contributed by atoms with Crippen molar-refractivity contribution >= 4 is 11.7 Å². The first kappa shape index (κ1) is 13.5. The lowest BCUT2D eigenvalue weighted by atomic mass is 10.1. The average molecular weight is 239 g/mol.